The van der Waals surface area contributed by atoms with E-state index < -0.39 is 5.60 Å². The van der Waals surface area contributed by atoms with Crippen molar-refractivity contribution in [2.45, 2.75) is 64.4 Å². The molecule has 36 heavy (non-hydrogen) atoms. The molecule has 1 unspecified atom stereocenters. The fraction of sp³-hybridized carbons (Fsp3) is 0.667. The summed E-state index contributed by atoms with van der Waals surface area (Å²) in [6, 6.07) is 8.31. The second-order valence-corrected chi connectivity index (χ2v) is 11.3. The molecule has 0 radical (unpaired) electrons. The number of nitrogens with one attached hydrogen (secondary N) is 2. The first kappa shape index (κ1) is 26.4. The minimum absolute atomic E-state index is 0.173. The molecule has 1 aromatic carbocycles. The van der Waals surface area contributed by atoms with Crippen molar-refractivity contribution in [1.29, 1.82) is 0 Å². The van der Waals surface area contributed by atoms with E-state index in [1.807, 2.05) is 37.9 Å². The maximum atomic E-state index is 12.1. The molecule has 1 atom stereocenters. The lowest BCUT2D eigenvalue weighted by atomic mass is 9.90. The number of hydrogen-bond donors (Lipinski definition) is 2. The third-order valence-electron chi connectivity index (χ3n) is 7.39. The van der Waals surface area contributed by atoms with Crippen LogP contribution in [0.25, 0.3) is 0 Å². The highest BCUT2D eigenvalue weighted by molar-refractivity contribution is 6.00. The monoisotopic (exact) mass is 499 g/mol. The topological polar surface area (TPSA) is 94.2 Å². The standard InChI is InChI=1S/C27H41N5O4/c1-27(2,3)36-26(35)29-32-18-16-30(17-19-32)13-10-20-11-14-31(15-12-20)22-6-4-21(5-7-22)23-8-9-24(33)28-25(23)34/h4-7,20,23H,8-19H2,1-3H3,(H,29,35)(H,28,33,34). The van der Waals surface area contributed by atoms with Gasteiger partial charge in [0, 0.05) is 51.4 Å². The first-order chi connectivity index (χ1) is 17.2. The summed E-state index contributed by atoms with van der Waals surface area (Å²) in [6.45, 7) is 12.3. The summed E-state index contributed by atoms with van der Waals surface area (Å²) in [6.07, 6.45) is 4.20. The van der Waals surface area contributed by atoms with E-state index in [0.29, 0.717) is 12.8 Å². The summed E-state index contributed by atoms with van der Waals surface area (Å²) in [4.78, 5) is 40.4. The summed E-state index contributed by atoms with van der Waals surface area (Å²) in [5.41, 5.74) is 4.56. The minimum Gasteiger partial charge on any atom is -0.443 e. The van der Waals surface area contributed by atoms with Crippen LogP contribution in [0.2, 0.25) is 0 Å². The van der Waals surface area contributed by atoms with Crippen LogP contribution in [0.4, 0.5) is 10.5 Å². The Hall–Kier alpha value is -2.65. The highest BCUT2D eigenvalue weighted by Gasteiger charge is 2.28. The van der Waals surface area contributed by atoms with Gasteiger partial charge >= 0.3 is 6.09 Å². The van der Waals surface area contributed by atoms with Crippen LogP contribution in [0.3, 0.4) is 0 Å². The van der Waals surface area contributed by atoms with E-state index in [1.54, 1.807) is 0 Å². The van der Waals surface area contributed by atoms with Crippen LogP contribution in [0.5, 0.6) is 0 Å². The van der Waals surface area contributed by atoms with E-state index in [1.165, 1.54) is 24.9 Å². The Labute approximate surface area is 214 Å². The Balaban J connectivity index is 1.14. The van der Waals surface area contributed by atoms with Crippen molar-refractivity contribution in [3.8, 4) is 0 Å². The van der Waals surface area contributed by atoms with Crippen LogP contribution < -0.4 is 15.6 Å². The van der Waals surface area contributed by atoms with Gasteiger partial charge in [-0.3, -0.25) is 20.3 Å². The predicted octanol–water partition coefficient (Wildman–Crippen LogP) is 2.87. The molecule has 0 bridgehead atoms. The van der Waals surface area contributed by atoms with Crippen molar-refractivity contribution in [2.24, 2.45) is 5.92 Å². The summed E-state index contributed by atoms with van der Waals surface area (Å²) >= 11 is 0. The molecular formula is C27H41N5O4. The molecule has 3 heterocycles. The summed E-state index contributed by atoms with van der Waals surface area (Å²) in [5, 5.41) is 4.40. The maximum Gasteiger partial charge on any atom is 0.422 e. The third-order valence-corrected chi connectivity index (χ3v) is 7.39. The zero-order valence-corrected chi connectivity index (χ0v) is 21.9. The number of rotatable bonds is 6. The smallest absolute Gasteiger partial charge is 0.422 e. The van der Waals surface area contributed by atoms with Crippen LogP contribution in [0, 0.1) is 5.92 Å². The number of hydrazine groups is 1. The number of ether oxygens (including phenoxy) is 1. The molecule has 3 aliphatic rings. The summed E-state index contributed by atoms with van der Waals surface area (Å²) in [7, 11) is 0. The fourth-order valence-corrected chi connectivity index (χ4v) is 5.29. The van der Waals surface area contributed by atoms with Gasteiger partial charge in [-0.05, 0) is 76.6 Å². The van der Waals surface area contributed by atoms with Crippen molar-refractivity contribution in [2.75, 3.05) is 50.7 Å². The second-order valence-electron chi connectivity index (χ2n) is 11.3. The maximum absolute atomic E-state index is 12.1. The van der Waals surface area contributed by atoms with Gasteiger partial charge in [0.2, 0.25) is 11.8 Å². The first-order valence-corrected chi connectivity index (χ1v) is 13.3. The van der Waals surface area contributed by atoms with Crippen molar-refractivity contribution in [3.05, 3.63) is 29.8 Å². The third kappa shape index (κ3) is 7.43. The number of imide groups is 1. The van der Waals surface area contributed by atoms with Gasteiger partial charge < -0.3 is 14.5 Å². The Morgan fingerprint density at radius 2 is 1.67 bits per heavy atom. The van der Waals surface area contributed by atoms with E-state index in [-0.39, 0.29) is 23.8 Å². The number of carbonyl (C=O) groups excluding carboxylic acids is 3. The average molecular weight is 500 g/mol. The van der Waals surface area contributed by atoms with Gasteiger partial charge in [0.25, 0.3) is 0 Å². The van der Waals surface area contributed by atoms with Crippen LogP contribution >= 0.6 is 0 Å². The highest BCUT2D eigenvalue weighted by atomic mass is 16.6. The average Bonchev–Trinajstić information content (AvgIpc) is 2.83. The molecule has 9 nitrogen and oxygen atoms in total. The highest BCUT2D eigenvalue weighted by Crippen LogP contribution is 2.29. The van der Waals surface area contributed by atoms with Gasteiger partial charge in [-0.1, -0.05) is 12.1 Å². The van der Waals surface area contributed by atoms with Crippen LogP contribution in [0.15, 0.2) is 24.3 Å². The van der Waals surface area contributed by atoms with Gasteiger partial charge in [0.05, 0.1) is 5.92 Å². The molecular weight excluding hydrogens is 458 g/mol. The number of hydrogen-bond acceptors (Lipinski definition) is 7. The molecule has 1 aromatic rings. The molecule has 3 saturated heterocycles. The molecule has 3 aliphatic heterocycles. The quantitative estimate of drug-likeness (QED) is 0.581. The number of anilines is 1. The van der Waals surface area contributed by atoms with Gasteiger partial charge in [0.1, 0.15) is 5.60 Å². The molecule has 198 valence electrons. The molecule has 9 heteroatoms. The van der Waals surface area contributed by atoms with Crippen molar-refractivity contribution < 1.29 is 19.1 Å². The van der Waals surface area contributed by atoms with Crippen molar-refractivity contribution in [3.63, 3.8) is 0 Å². The fourth-order valence-electron chi connectivity index (χ4n) is 5.29. The molecule has 3 fully saturated rings. The Morgan fingerprint density at radius 1 is 1.00 bits per heavy atom. The molecule has 0 spiro atoms. The SMILES string of the molecule is CC(C)(C)OC(=O)NN1CCN(CCC2CCN(c3ccc(C4CCC(=O)NC4=O)cc3)CC2)CC1. The predicted molar refractivity (Wildman–Crippen MR) is 139 cm³/mol. The number of nitrogens with zero attached hydrogens (tertiary/aromatic N) is 3. The minimum atomic E-state index is -0.485. The number of piperidine rings is 2. The lowest BCUT2D eigenvalue weighted by Gasteiger charge is -2.37. The zero-order valence-electron chi connectivity index (χ0n) is 21.9. The second kappa shape index (κ2) is 11.6. The lowest BCUT2D eigenvalue weighted by Crippen LogP contribution is -2.54. The number of amides is 3. The van der Waals surface area contributed by atoms with E-state index in [9.17, 15) is 14.4 Å². The molecule has 0 aliphatic carbocycles. The van der Waals surface area contributed by atoms with E-state index in [4.69, 9.17) is 4.74 Å². The van der Waals surface area contributed by atoms with Crippen molar-refractivity contribution >= 4 is 23.6 Å². The van der Waals surface area contributed by atoms with Crippen LogP contribution in [-0.4, -0.2) is 79.2 Å². The number of piperazine rings is 1. The van der Waals surface area contributed by atoms with Gasteiger partial charge in [-0.15, -0.1) is 0 Å². The lowest BCUT2D eigenvalue weighted by molar-refractivity contribution is -0.134. The Morgan fingerprint density at radius 3 is 2.28 bits per heavy atom. The first-order valence-electron chi connectivity index (χ1n) is 13.3. The van der Waals surface area contributed by atoms with Crippen LogP contribution in [0.1, 0.15) is 64.4 Å². The zero-order chi connectivity index (χ0) is 25.7. The van der Waals surface area contributed by atoms with Crippen LogP contribution in [-0.2, 0) is 14.3 Å². The van der Waals surface area contributed by atoms with E-state index in [2.05, 4.69) is 32.7 Å². The molecule has 2 N–H and O–H groups in total. The van der Waals surface area contributed by atoms with Gasteiger partial charge in [-0.2, -0.15) is 0 Å². The summed E-state index contributed by atoms with van der Waals surface area (Å²) in [5.74, 6) is 0.160. The number of benzene rings is 1. The molecule has 3 amide bonds. The summed E-state index contributed by atoms with van der Waals surface area (Å²) < 4.78 is 5.34. The van der Waals surface area contributed by atoms with Gasteiger partial charge in [0.15, 0.2) is 0 Å². The van der Waals surface area contributed by atoms with E-state index in [0.717, 1.165) is 57.3 Å². The molecule has 4 rings (SSSR count). The Kier molecular flexibility index (Phi) is 8.51. The number of carbonyl (C=O) groups is 3. The van der Waals surface area contributed by atoms with Crippen molar-refractivity contribution in [1.82, 2.24) is 20.7 Å². The molecule has 0 saturated carbocycles. The van der Waals surface area contributed by atoms with Gasteiger partial charge in [-0.25, -0.2) is 9.80 Å². The molecule has 0 aromatic heterocycles. The Bertz CT molecular complexity index is 913. The van der Waals surface area contributed by atoms with E-state index >= 15 is 0 Å². The largest absolute Gasteiger partial charge is 0.443 e. The normalized spacial score (nSPS) is 22.9.